The summed E-state index contributed by atoms with van der Waals surface area (Å²) >= 11 is 0. The lowest BCUT2D eigenvalue weighted by molar-refractivity contribution is 0.112. The molecule has 0 radical (unpaired) electrons. The van der Waals surface area contributed by atoms with Crippen molar-refractivity contribution in [1.29, 1.82) is 0 Å². The Morgan fingerprint density at radius 2 is 2.11 bits per heavy atom. The SMILES string of the molecule is CCCN1CCCC2c3ccc(O)c(O)c3CC[C@H]21. The molecule has 2 atom stereocenters. The molecule has 1 aliphatic carbocycles. The zero-order chi connectivity index (χ0) is 13.4. The van der Waals surface area contributed by atoms with Gasteiger partial charge in [-0.25, -0.2) is 0 Å². The summed E-state index contributed by atoms with van der Waals surface area (Å²) in [6.07, 6.45) is 5.65. The average Bonchev–Trinajstić information content (AvgIpc) is 2.43. The Hall–Kier alpha value is -1.22. The predicted molar refractivity (Wildman–Crippen MR) is 75.7 cm³/mol. The molecule has 2 N–H and O–H groups in total. The van der Waals surface area contributed by atoms with Gasteiger partial charge in [0.05, 0.1) is 0 Å². The van der Waals surface area contributed by atoms with Crippen LogP contribution < -0.4 is 0 Å². The van der Waals surface area contributed by atoms with Crippen molar-refractivity contribution >= 4 is 0 Å². The quantitative estimate of drug-likeness (QED) is 0.804. The molecular weight excluding hydrogens is 238 g/mol. The van der Waals surface area contributed by atoms with Crippen LogP contribution in [0.2, 0.25) is 0 Å². The molecule has 0 saturated carbocycles. The van der Waals surface area contributed by atoms with Gasteiger partial charge in [0.2, 0.25) is 0 Å². The first-order valence-corrected chi connectivity index (χ1v) is 7.50. The fraction of sp³-hybridized carbons (Fsp3) is 0.625. The van der Waals surface area contributed by atoms with Crippen LogP contribution >= 0.6 is 0 Å². The van der Waals surface area contributed by atoms with Crippen molar-refractivity contribution in [3.63, 3.8) is 0 Å². The number of rotatable bonds is 2. The van der Waals surface area contributed by atoms with E-state index < -0.39 is 0 Å². The van der Waals surface area contributed by atoms with Crippen molar-refractivity contribution in [2.24, 2.45) is 0 Å². The summed E-state index contributed by atoms with van der Waals surface area (Å²) in [5, 5.41) is 19.7. The minimum Gasteiger partial charge on any atom is -0.504 e. The highest BCUT2D eigenvalue weighted by molar-refractivity contribution is 5.51. The fourth-order valence-corrected chi connectivity index (χ4v) is 3.98. The standard InChI is InChI=1S/C16H23NO2/c1-2-9-17-10-3-4-12-11-6-8-15(18)16(19)13(11)5-7-14(12)17/h6,8,12,14,18-19H,2-5,7,9-10H2,1H3/t12?,14-/m1/s1. The van der Waals surface area contributed by atoms with Crippen LogP contribution in [0.15, 0.2) is 12.1 Å². The van der Waals surface area contributed by atoms with Crippen LogP contribution in [-0.2, 0) is 6.42 Å². The second kappa shape index (κ2) is 5.04. The second-order valence-corrected chi connectivity index (χ2v) is 5.89. The largest absolute Gasteiger partial charge is 0.504 e. The molecule has 0 aromatic heterocycles. The number of piperidine rings is 1. The lowest BCUT2D eigenvalue weighted by atomic mass is 9.74. The minimum atomic E-state index is 0.0263. The number of nitrogens with zero attached hydrogens (tertiary/aromatic N) is 1. The van der Waals surface area contributed by atoms with Crippen molar-refractivity contribution in [2.75, 3.05) is 13.1 Å². The molecule has 19 heavy (non-hydrogen) atoms. The van der Waals surface area contributed by atoms with Crippen molar-refractivity contribution in [3.05, 3.63) is 23.3 Å². The Morgan fingerprint density at radius 1 is 1.26 bits per heavy atom. The van der Waals surface area contributed by atoms with E-state index in [0.717, 1.165) is 18.4 Å². The molecule has 0 spiro atoms. The number of phenols is 2. The van der Waals surface area contributed by atoms with Crippen molar-refractivity contribution < 1.29 is 10.2 Å². The number of phenolic OH excluding ortho intramolecular Hbond substituents is 2. The highest BCUT2D eigenvalue weighted by Crippen LogP contribution is 2.45. The molecule has 1 aliphatic heterocycles. The van der Waals surface area contributed by atoms with E-state index in [1.807, 2.05) is 6.07 Å². The number of aromatic hydroxyl groups is 2. The van der Waals surface area contributed by atoms with E-state index in [-0.39, 0.29) is 11.5 Å². The van der Waals surface area contributed by atoms with Gasteiger partial charge in [-0.1, -0.05) is 13.0 Å². The van der Waals surface area contributed by atoms with Crippen LogP contribution in [-0.4, -0.2) is 34.2 Å². The monoisotopic (exact) mass is 261 g/mol. The van der Waals surface area contributed by atoms with E-state index in [2.05, 4.69) is 11.8 Å². The van der Waals surface area contributed by atoms with Gasteiger partial charge in [0.15, 0.2) is 11.5 Å². The molecule has 1 heterocycles. The van der Waals surface area contributed by atoms with Crippen LogP contribution in [0, 0.1) is 0 Å². The zero-order valence-corrected chi connectivity index (χ0v) is 11.6. The van der Waals surface area contributed by atoms with E-state index in [1.54, 1.807) is 6.07 Å². The van der Waals surface area contributed by atoms with E-state index in [1.165, 1.54) is 37.9 Å². The third-order valence-electron chi connectivity index (χ3n) is 4.79. The average molecular weight is 261 g/mol. The lowest BCUT2D eigenvalue weighted by Gasteiger charge is -2.45. The first kappa shape index (κ1) is 12.8. The number of benzene rings is 1. The third kappa shape index (κ3) is 2.10. The Kier molecular flexibility index (Phi) is 3.40. The first-order chi connectivity index (χ1) is 9.22. The van der Waals surface area contributed by atoms with Gasteiger partial charge in [0, 0.05) is 11.6 Å². The Labute approximate surface area is 114 Å². The Balaban J connectivity index is 1.94. The maximum absolute atomic E-state index is 10.0. The van der Waals surface area contributed by atoms with E-state index >= 15 is 0 Å². The van der Waals surface area contributed by atoms with Crippen LogP contribution in [0.1, 0.15) is 49.7 Å². The summed E-state index contributed by atoms with van der Waals surface area (Å²) in [5.74, 6) is 0.678. The van der Waals surface area contributed by atoms with E-state index in [0.29, 0.717) is 12.0 Å². The molecule has 1 aromatic rings. The van der Waals surface area contributed by atoms with E-state index in [4.69, 9.17) is 0 Å². The first-order valence-electron chi connectivity index (χ1n) is 7.50. The van der Waals surface area contributed by atoms with Crippen molar-refractivity contribution in [3.8, 4) is 11.5 Å². The minimum absolute atomic E-state index is 0.0263. The number of hydrogen-bond donors (Lipinski definition) is 2. The van der Waals surface area contributed by atoms with Crippen molar-refractivity contribution in [1.82, 2.24) is 4.90 Å². The number of likely N-dealkylation sites (tertiary alicyclic amines) is 1. The lowest BCUT2D eigenvalue weighted by Crippen LogP contribution is -2.46. The van der Waals surface area contributed by atoms with Gasteiger partial charge in [-0.3, -0.25) is 4.90 Å². The number of hydrogen-bond acceptors (Lipinski definition) is 3. The normalized spacial score (nSPS) is 26.8. The zero-order valence-electron chi connectivity index (χ0n) is 11.6. The van der Waals surface area contributed by atoms with Gasteiger partial charge in [-0.2, -0.15) is 0 Å². The summed E-state index contributed by atoms with van der Waals surface area (Å²) in [6, 6.07) is 4.30. The topological polar surface area (TPSA) is 43.7 Å². The van der Waals surface area contributed by atoms with E-state index in [9.17, 15) is 10.2 Å². The molecule has 1 aromatic carbocycles. The van der Waals surface area contributed by atoms with Gasteiger partial charge in [0.25, 0.3) is 0 Å². The smallest absolute Gasteiger partial charge is 0.160 e. The van der Waals surface area contributed by atoms with Crippen LogP contribution in [0.3, 0.4) is 0 Å². The molecule has 3 heteroatoms. The predicted octanol–water partition coefficient (Wildman–Crippen LogP) is 3.00. The highest BCUT2D eigenvalue weighted by atomic mass is 16.3. The number of fused-ring (bicyclic) bond motifs is 3. The fourth-order valence-electron chi connectivity index (χ4n) is 3.98. The highest BCUT2D eigenvalue weighted by Gasteiger charge is 2.37. The van der Waals surface area contributed by atoms with Gasteiger partial charge >= 0.3 is 0 Å². The van der Waals surface area contributed by atoms with Crippen LogP contribution in [0.5, 0.6) is 11.5 Å². The Bertz CT molecular complexity index is 470. The third-order valence-corrected chi connectivity index (χ3v) is 4.79. The van der Waals surface area contributed by atoms with Crippen LogP contribution in [0.25, 0.3) is 0 Å². The van der Waals surface area contributed by atoms with Crippen molar-refractivity contribution in [2.45, 2.75) is 51.0 Å². The molecule has 3 rings (SSSR count). The Morgan fingerprint density at radius 3 is 2.89 bits per heavy atom. The molecule has 2 aliphatic rings. The second-order valence-electron chi connectivity index (χ2n) is 5.89. The molecule has 104 valence electrons. The summed E-state index contributed by atoms with van der Waals surface area (Å²) in [6.45, 7) is 4.64. The van der Waals surface area contributed by atoms with Gasteiger partial charge < -0.3 is 10.2 Å². The maximum Gasteiger partial charge on any atom is 0.160 e. The van der Waals surface area contributed by atoms with Gasteiger partial charge in [0.1, 0.15) is 0 Å². The molecule has 3 nitrogen and oxygen atoms in total. The maximum atomic E-state index is 10.0. The van der Waals surface area contributed by atoms with Gasteiger partial charge in [-0.15, -0.1) is 0 Å². The molecule has 1 unspecified atom stereocenters. The van der Waals surface area contributed by atoms with Crippen LogP contribution in [0.4, 0.5) is 0 Å². The summed E-state index contributed by atoms with van der Waals surface area (Å²) in [5.41, 5.74) is 2.26. The summed E-state index contributed by atoms with van der Waals surface area (Å²) in [4.78, 5) is 2.63. The summed E-state index contributed by atoms with van der Waals surface area (Å²) < 4.78 is 0. The van der Waals surface area contributed by atoms with Gasteiger partial charge in [-0.05, 0) is 62.7 Å². The summed E-state index contributed by atoms with van der Waals surface area (Å²) in [7, 11) is 0. The molecule has 0 amide bonds. The molecule has 1 fully saturated rings. The molecule has 0 bridgehead atoms. The molecular formula is C16H23NO2. The molecule has 1 saturated heterocycles.